The van der Waals surface area contributed by atoms with Crippen LogP contribution in [0.1, 0.15) is 31.4 Å². The van der Waals surface area contributed by atoms with Gasteiger partial charge in [-0.2, -0.15) is 0 Å². The van der Waals surface area contributed by atoms with Gasteiger partial charge in [-0.25, -0.2) is 0 Å². The van der Waals surface area contributed by atoms with Gasteiger partial charge >= 0.3 is 0 Å². The Bertz CT molecular complexity index is 419. The molecule has 2 atom stereocenters. The first-order chi connectivity index (χ1) is 7.82. The van der Waals surface area contributed by atoms with Crippen molar-refractivity contribution in [3.63, 3.8) is 0 Å². The maximum atomic E-state index is 6.14. The number of nitrogens with two attached hydrogens (primary N) is 1. The summed E-state index contributed by atoms with van der Waals surface area (Å²) in [5.74, 6) is 0.898. The van der Waals surface area contributed by atoms with Crippen LogP contribution in [0.25, 0.3) is 0 Å². The van der Waals surface area contributed by atoms with Crippen molar-refractivity contribution in [3.8, 4) is 5.75 Å². The van der Waals surface area contributed by atoms with E-state index in [-0.39, 0.29) is 17.6 Å². The zero-order valence-corrected chi connectivity index (χ0v) is 11.6. The largest absolute Gasteiger partial charge is 0.490 e. The number of halogens is 1. The van der Waals surface area contributed by atoms with Crippen LogP contribution in [-0.2, 0) is 0 Å². The minimum Gasteiger partial charge on any atom is -0.490 e. The van der Waals surface area contributed by atoms with E-state index in [2.05, 4.69) is 13.8 Å². The molecule has 0 bridgehead atoms. The molecule has 1 fully saturated rings. The Morgan fingerprint density at radius 2 is 1.82 bits per heavy atom. The van der Waals surface area contributed by atoms with Crippen molar-refractivity contribution in [2.24, 2.45) is 11.1 Å². The Balaban J connectivity index is 2.16. The van der Waals surface area contributed by atoms with Gasteiger partial charge in [0.25, 0.3) is 0 Å². The molecule has 17 heavy (non-hydrogen) atoms. The van der Waals surface area contributed by atoms with E-state index in [0.717, 1.165) is 28.3 Å². The van der Waals surface area contributed by atoms with Crippen LogP contribution in [0, 0.1) is 19.3 Å². The van der Waals surface area contributed by atoms with Crippen molar-refractivity contribution in [2.75, 3.05) is 0 Å². The molecule has 94 valence electrons. The molecule has 0 aliphatic heterocycles. The SMILES string of the molecule is Cc1cc(OC2CC(N)C2(C)C)cc(C)c1Cl. The second kappa shape index (κ2) is 4.18. The standard InChI is InChI=1S/C14H20ClNO/c1-8-5-10(6-9(2)13(8)15)17-12-7-11(16)14(12,3)4/h5-6,11-12H,7,16H2,1-4H3. The van der Waals surface area contributed by atoms with E-state index in [1.807, 2.05) is 26.0 Å². The van der Waals surface area contributed by atoms with E-state index in [0.29, 0.717) is 0 Å². The fraction of sp³-hybridized carbons (Fsp3) is 0.571. The molecule has 1 aromatic carbocycles. The first-order valence-corrected chi connectivity index (χ1v) is 6.39. The molecule has 0 saturated heterocycles. The quantitative estimate of drug-likeness (QED) is 0.876. The maximum Gasteiger partial charge on any atom is 0.120 e. The summed E-state index contributed by atoms with van der Waals surface area (Å²) in [6.07, 6.45) is 1.13. The second-order valence-electron chi connectivity index (χ2n) is 5.64. The highest BCUT2D eigenvalue weighted by Gasteiger charge is 2.47. The van der Waals surface area contributed by atoms with Gasteiger partial charge in [0.2, 0.25) is 0 Å². The molecule has 2 nitrogen and oxygen atoms in total. The number of hydrogen-bond donors (Lipinski definition) is 1. The van der Waals surface area contributed by atoms with E-state index >= 15 is 0 Å². The highest BCUT2D eigenvalue weighted by molar-refractivity contribution is 6.32. The number of ether oxygens (including phenoxy) is 1. The lowest BCUT2D eigenvalue weighted by Gasteiger charge is -2.49. The third-order valence-corrected chi connectivity index (χ3v) is 4.54. The van der Waals surface area contributed by atoms with Crippen LogP contribution in [0.4, 0.5) is 0 Å². The minimum absolute atomic E-state index is 0.0570. The number of benzene rings is 1. The summed E-state index contributed by atoms with van der Waals surface area (Å²) in [6.45, 7) is 8.31. The van der Waals surface area contributed by atoms with E-state index in [9.17, 15) is 0 Å². The fourth-order valence-corrected chi connectivity index (χ4v) is 2.36. The van der Waals surface area contributed by atoms with Gasteiger partial charge in [0.1, 0.15) is 11.9 Å². The summed E-state index contributed by atoms with van der Waals surface area (Å²) in [5, 5.41) is 0.821. The molecule has 0 heterocycles. The van der Waals surface area contributed by atoms with Crippen LogP contribution in [0.3, 0.4) is 0 Å². The lowest BCUT2D eigenvalue weighted by Crippen LogP contribution is -2.60. The lowest BCUT2D eigenvalue weighted by molar-refractivity contribution is -0.0400. The van der Waals surface area contributed by atoms with Gasteiger partial charge in [0.05, 0.1) is 0 Å². The highest BCUT2D eigenvalue weighted by atomic mass is 35.5. The molecule has 0 spiro atoms. The van der Waals surface area contributed by atoms with Crippen LogP contribution in [0.15, 0.2) is 12.1 Å². The Hall–Kier alpha value is -0.730. The molecule has 1 aliphatic rings. The van der Waals surface area contributed by atoms with Crippen LogP contribution >= 0.6 is 11.6 Å². The summed E-state index contributed by atoms with van der Waals surface area (Å²) in [7, 11) is 0. The van der Waals surface area contributed by atoms with Crippen molar-refractivity contribution in [3.05, 3.63) is 28.3 Å². The predicted octanol–water partition coefficient (Wildman–Crippen LogP) is 3.46. The van der Waals surface area contributed by atoms with Crippen LogP contribution < -0.4 is 10.5 Å². The zero-order chi connectivity index (χ0) is 12.8. The van der Waals surface area contributed by atoms with Gasteiger partial charge in [-0.3, -0.25) is 0 Å². The van der Waals surface area contributed by atoms with E-state index < -0.39 is 0 Å². The zero-order valence-electron chi connectivity index (χ0n) is 10.9. The molecule has 1 aromatic rings. The van der Waals surface area contributed by atoms with Crippen molar-refractivity contribution >= 4 is 11.6 Å². The van der Waals surface area contributed by atoms with Crippen molar-refractivity contribution in [1.29, 1.82) is 0 Å². The maximum absolute atomic E-state index is 6.14. The van der Waals surface area contributed by atoms with Gasteiger partial charge in [-0.1, -0.05) is 25.4 Å². The molecule has 2 unspecified atom stereocenters. The number of hydrogen-bond acceptors (Lipinski definition) is 2. The van der Waals surface area contributed by atoms with Crippen LogP contribution in [-0.4, -0.2) is 12.1 Å². The van der Waals surface area contributed by atoms with Crippen LogP contribution in [0.2, 0.25) is 5.02 Å². The normalized spacial score (nSPS) is 26.5. The van der Waals surface area contributed by atoms with Crippen molar-refractivity contribution in [1.82, 2.24) is 0 Å². The molecular formula is C14H20ClNO. The Kier molecular flexibility index (Phi) is 3.13. The molecule has 2 rings (SSSR count). The first kappa shape index (κ1) is 12.7. The molecule has 1 saturated carbocycles. The number of rotatable bonds is 2. The van der Waals surface area contributed by atoms with Gasteiger partial charge in [0.15, 0.2) is 0 Å². The summed E-state index contributed by atoms with van der Waals surface area (Å²) in [5.41, 5.74) is 8.16. The highest BCUT2D eigenvalue weighted by Crippen LogP contribution is 2.42. The summed E-state index contributed by atoms with van der Waals surface area (Å²) < 4.78 is 6.01. The Labute approximate surface area is 108 Å². The molecule has 2 N–H and O–H groups in total. The molecule has 1 aliphatic carbocycles. The van der Waals surface area contributed by atoms with Gasteiger partial charge < -0.3 is 10.5 Å². The van der Waals surface area contributed by atoms with Crippen LogP contribution in [0.5, 0.6) is 5.75 Å². The Morgan fingerprint density at radius 1 is 1.29 bits per heavy atom. The monoisotopic (exact) mass is 253 g/mol. The van der Waals surface area contributed by atoms with E-state index in [1.54, 1.807) is 0 Å². The minimum atomic E-state index is 0.0570. The van der Waals surface area contributed by atoms with Gasteiger partial charge in [-0.05, 0) is 37.1 Å². The average molecular weight is 254 g/mol. The van der Waals surface area contributed by atoms with Crippen molar-refractivity contribution in [2.45, 2.75) is 46.3 Å². The Morgan fingerprint density at radius 3 is 2.24 bits per heavy atom. The third kappa shape index (κ3) is 2.16. The predicted molar refractivity (Wildman–Crippen MR) is 71.7 cm³/mol. The number of aryl methyl sites for hydroxylation is 2. The molecule has 0 radical (unpaired) electrons. The molecule has 3 heteroatoms. The van der Waals surface area contributed by atoms with Gasteiger partial charge in [-0.15, -0.1) is 0 Å². The summed E-state index contributed by atoms with van der Waals surface area (Å²) in [6, 6.07) is 4.23. The van der Waals surface area contributed by atoms with Gasteiger partial charge in [0, 0.05) is 22.9 Å². The summed E-state index contributed by atoms with van der Waals surface area (Å²) >= 11 is 6.14. The van der Waals surface area contributed by atoms with E-state index in [4.69, 9.17) is 22.1 Å². The topological polar surface area (TPSA) is 35.2 Å². The third-order valence-electron chi connectivity index (χ3n) is 3.94. The smallest absolute Gasteiger partial charge is 0.120 e. The average Bonchev–Trinajstić information content (AvgIpc) is 2.25. The molecular weight excluding hydrogens is 234 g/mol. The lowest BCUT2D eigenvalue weighted by atomic mass is 9.65. The fourth-order valence-electron chi connectivity index (χ4n) is 2.25. The molecule has 0 amide bonds. The van der Waals surface area contributed by atoms with E-state index in [1.165, 1.54) is 0 Å². The summed E-state index contributed by atoms with van der Waals surface area (Å²) in [4.78, 5) is 0. The first-order valence-electron chi connectivity index (χ1n) is 6.01. The molecule has 0 aromatic heterocycles. The second-order valence-corrected chi connectivity index (χ2v) is 6.02. The van der Waals surface area contributed by atoms with Crippen molar-refractivity contribution < 1.29 is 4.74 Å².